The molecule has 0 spiro atoms. The Hall–Kier alpha value is -1.91. The highest BCUT2D eigenvalue weighted by atomic mass is 16.6. The Balaban J connectivity index is 2.93. The molecular weight excluding hydrogens is 162 g/mol. The van der Waals surface area contributed by atoms with Crippen LogP contribution in [-0.2, 0) is 4.79 Å². The molecule has 0 saturated heterocycles. The van der Waals surface area contributed by atoms with E-state index in [-0.39, 0.29) is 12.0 Å². The van der Waals surface area contributed by atoms with Crippen molar-refractivity contribution in [3.8, 4) is 0 Å². The van der Waals surface area contributed by atoms with Gasteiger partial charge in [-0.25, -0.2) is 0 Å². The van der Waals surface area contributed by atoms with Crippen LogP contribution in [0.25, 0.3) is 6.08 Å². The van der Waals surface area contributed by atoms with Gasteiger partial charge in [0.2, 0.25) is 6.29 Å². The van der Waals surface area contributed by atoms with E-state index < -0.39 is 10.6 Å². The molecule has 0 N–H and O–H groups in total. The SMILES string of the molecule is O=C/C(=C\c1ccco1)[N+](=O)[O-]. The largest absolute Gasteiger partial charge is 0.465 e. The second kappa shape index (κ2) is 3.47. The van der Waals surface area contributed by atoms with Crippen LogP contribution in [-0.4, -0.2) is 11.2 Å². The van der Waals surface area contributed by atoms with Crippen molar-refractivity contribution in [1.82, 2.24) is 0 Å². The molecule has 0 saturated carbocycles. The molecular formula is C7H5NO4. The molecule has 12 heavy (non-hydrogen) atoms. The zero-order chi connectivity index (χ0) is 8.97. The summed E-state index contributed by atoms with van der Waals surface area (Å²) in [5, 5.41) is 10.1. The van der Waals surface area contributed by atoms with E-state index >= 15 is 0 Å². The minimum absolute atomic E-state index is 0.169. The van der Waals surface area contributed by atoms with Gasteiger partial charge in [-0.15, -0.1) is 0 Å². The first kappa shape index (κ1) is 8.19. The minimum Gasteiger partial charge on any atom is -0.465 e. The molecule has 0 aliphatic carbocycles. The lowest BCUT2D eigenvalue weighted by Gasteiger charge is -1.85. The molecule has 0 radical (unpaired) electrons. The molecule has 0 aromatic carbocycles. The van der Waals surface area contributed by atoms with Gasteiger partial charge < -0.3 is 4.42 Å². The van der Waals surface area contributed by atoms with Gasteiger partial charge in [-0.1, -0.05) is 0 Å². The highest BCUT2D eigenvalue weighted by Gasteiger charge is 2.08. The summed E-state index contributed by atoms with van der Waals surface area (Å²) >= 11 is 0. The smallest absolute Gasteiger partial charge is 0.312 e. The lowest BCUT2D eigenvalue weighted by atomic mass is 10.3. The van der Waals surface area contributed by atoms with Crippen LogP contribution in [0.1, 0.15) is 5.76 Å². The van der Waals surface area contributed by atoms with Gasteiger partial charge in [-0.3, -0.25) is 14.9 Å². The van der Waals surface area contributed by atoms with E-state index in [4.69, 9.17) is 4.42 Å². The molecule has 5 heteroatoms. The molecule has 5 nitrogen and oxygen atoms in total. The first-order valence-corrected chi connectivity index (χ1v) is 3.09. The number of nitro groups is 1. The van der Waals surface area contributed by atoms with Gasteiger partial charge in [0, 0.05) is 0 Å². The molecule has 0 aliphatic rings. The van der Waals surface area contributed by atoms with Crippen LogP contribution in [0.15, 0.2) is 28.5 Å². The van der Waals surface area contributed by atoms with Crippen molar-refractivity contribution >= 4 is 12.4 Å². The molecule has 1 heterocycles. The van der Waals surface area contributed by atoms with Crippen LogP contribution >= 0.6 is 0 Å². The van der Waals surface area contributed by atoms with Gasteiger partial charge in [0.1, 0.15) is 5.76 Å². The Morgan fingerprint density at radius 3 is 2.83 bits per heavy atom. The summed E-state index contributed by atoms with van der Waals surface area (Å²) in [7, 11) is 0. The highest BCUT2D eigenvalue weighted by Crippen LogP contribution is 2.05. The summed E-state index contributed by atoms with van der Waals surface area (Å²) < 4.78 is 4.78. The number of nitrogens with zero attached hydrogens (tertiary/aromatic N) is 1. The van der Waals surface area contributed by atoms with Crippen molar-refractivity contribution in [1.29, 1.82) is 0 Å². The Morgan fingerprint density at radius 1 is 1.67 bits per heavy atom. The third kappa shape index (κ3) is 1.79. The summed E-state index contributed by atoms with van der Waals surface area (Å²) in [6.45, 7) is 0. The van der Waals surface area contributed by atoms with Gasteiger partial charge in [-0.05, 0) is 12.1 Å². The van der Waals surface area contributed by atoms with E-state index in [1.807, 2.05) is 0 Å². The average Bonchev–Trinajstić information content (AvgIpc) is 2.51. The maximum Gasteiger partial charge on any atom is 0.312 e. The molecule has 0 bridgehead atoms. The molecule has 0 unspecified atom stereocenters. The summed E-state index contributed by atoms with van der Waals surface area (Å²) in [5.74, 6) is 0.286. The third-order valence-electron chi connectivity index (χ3n) is 1.16. The summed E-state index contributed by atoms with van der Waals surface area (Å²) in [5.41, 5.74) is -0.523. The molecule has 1 aromatic heterocycles. The van der Waals surface area contributed by atoms with E-state index in [2.05, 4.69) is 0 Å². The Labute approximate surface area is 67.4 Å². The van der Waals surface area contributed by atoms with E-state index in [0.717, 1.165) is 6.08 Å². The van der Waals surface area contributed by atoms with Crippen molar-refractivity contribution < 1.29 is 14.1 Å². The van der Waals surface area contributed by atoms with Crippen LogP contribution in [0.4, 0.5) is 0 Å². The minimum atomic E-state index is -0.768. The van der Waals surface area contributed by atoms with E-state index in [9.17, 15) is 14.9 Å². The number of carbonyl (C=O) groups excluding carboxylic acids is 1. The topological polar surface area (TPSA) is 73.3 Å². The summed E-state index contributed by atoms with van der Waals surface area (Å²) in [4.78, 5) is 19.5. The standard InChI is InChI=1S/C7H5NO4/c9-5-6(8(10)11)4-7-2-1-3-12-7/h1-5H/b6-4+. The fourth-order valence-corrected chi connectivity index (χ4v) is 0.649. The normalized spacial score (nSPS) is 11.2. The third-order valence-corrected chi connectivity index (χ3v) is 1.16. The van der Waals surface area contributed by atoms with Crippen LogP contribution in [0.3, 0.4) is 0 Å². The van der Waals surface area contributed by atoms with Crippen LogP contribution in [0.5, 0.6) is 0 Å². The Morgan fingerprint density at radius 2 is 2.42 bits per heavy atom. The monoisotopic (exact) mass is 167 g/mol. The number of rotatable bonds is 3. The average molecular weight is 167 g/mol. The van der Waals surface area contributed by atoms with Crippen LogP contribution < -0.4 is 0 Å². The highest BCUT2D eigenvalue weighted by molar-refractivity contribution is 5.77. The number of aldehydes is 1. The quantitative estimate of drug-likeness (QED) is 0.292. The zero-order valence-electron chi connectivity index (χ0n) is 5.97. The van der Waals surface area contributed by atoms with Gasteiger partial charge in [-0.2, -0.15) is 0 Å². The van der Waals surface area contributed by atoms with Crippen molar-refractivity contribution in [3.05, 3.63) is 40.0 Å². The second-order valence-electron chi connectivity index (χ2n) is 1.96. The Bertz CT molecular complexity index is 312. The fraction of sp³-hybridized carbons (Fsp3) is 0. The Kier molecular flexibility index (Phi) is 2.37. The lowest BCUT2D eigenvalue weighted by molar-refractivity contribution is -0.415. The molecule has 0 fully saturated rings. The molecule has 1 rings (SSSR count). The van der Waals surface area contributed by atoms with E-state index in [0.29, 0.717) is 0 Å². The van der Waals surface area contributed by atoms with Gasteiger partial charge in [0.25, 0.3) is 0 Å². The zero-order valence-corrected chi connectivity index (χ0v) is 5.97. The van der Waals surface area contributed by atoms with Crippen LogP contribution in [0, 0.1) is 10.1 Å². The maximum absolute atomic E-state index is 10.1. The van der Waals surface area contributed by atoms with Crippen LogP contribution in [0.2, 0.25) is 0 Å². The van der Waals surface area contributed by atoms with E-state index in [1.54, 1.807) is 6.07 Å². The van der Waals surface area contributed by atoms with Gasteiger partial charge in [0.15, 0.2) is 0 Å². The lowest BCUT2D eigenvalue weighted by Crippen LogP contribution is -1.98. The number of furan rings is 1. The fourth-order valence-electron chi connectivity index (χ4n) is 0.649. The molecule has 1 aromatic rings. The first-order chi connectivity index (χ1) is 5.74. The number of hydrogen-bond acceptors (Lipinski definition) is 4. The van der Waals surface area contributed by atoms with Crippen molar-refractivity contribution in [2.24, 2.45) is 0 Å². The summed E-state index contributed by atoms with van der Waals surface area (Å²) in [6, 6.07) is 3.10. The van der Waals surface area contributed by atoms with Crippen molar-refractivity contribution in [3.63, 3.8) is 0 Å². The number of hydrogen-bond donors (Lipinski definition) is 0. The second-order valence-corrected chi connectivity index (χ2v) is 1.96. The molecule has 0 amide bonds. The van der Waals surface area contributed by atoms with Gasteiger partial charge >= 0.3 is 5.70 Å². The van der Waals surface area contributed by atoms with E-state index in [1.165, 1.54) is 12.3 Å². The number of allylic oxidation sites excluding steroid dienone is 1. The first-order valence-electron chi connectivity index (χ1n) is 3.09. The maximum atomic E-state index is 10.1. The predicted molar refractivity (Wildman–Crippen MR) is 39.7 cm³/mol. The van der Waals surface area contributed by atoms with Crippen molar-refractivity contribution in [2.45, 2.75) is 0 Å². The van der Waals surface area contributed by atoms with Gasteiger partial charge in [0.05, 0.1) is 17.3 Å². The molecule has 0 atom stereocenters. The van der Waals surface area contributed by atoms with Crippen molar-refractivity contribution in [2.75, 3.05) is 0 Å². The summed E-state index contributed by atoms with van der Waals surface area (Å²) in [6.07, 6.45) is 2.60. The predicted octanol–water partition coefficient (Wildman–Crippen LogP) is 1.10. The molecule has 62 valence electrons. The molecule has 0 aliphatic heterocycles. The number of carbonyl (C=O) groups is 1.